The third kappa shape index (κ3) is 2.59. The van der Waals surface area contributed by atoms with E-state index in [-0.39, 0.29) is 6.04 Å². The van der Waals surface area contributed by atoms with Gasteiger partial charge in [0.2, 0.25) is 0 Å². The maximum Gasteiger partial charge on any atom is 0.200 e. The second-order valence-electron chi connectivity index (χ2n) is 4.48. The number of hydrogen-bond acceptors (Lipinski definition) is 4. The molecule has 0 fully saturated rings. The molecular formula is C14H13BrN4S. The topological polar surface area (TPSA) is 56.2 Å². The van der Waals surface area contributed by atoms with Crippen LogP contribution in [0.1, 0.15) is 18.5 Å². The Bertz CT molecular complexity index is 754. The van der Waals surface area contributed by atoms with E-state index in [0.29, 0.717) is 0 Å². The Hall–Kier alpha value is -1.37. The average molecular weight is 349 g/mol. The number of rotatable bonds is 3. The second kappa shape index (κ2) is 5.55. The van der Waals surface area contributed by atoms with Crippen molar-refractivity contribution in [3.63, 3.8) is 0 Å². The van der Waals surface area contributed by atoms with E-state index in [2.05, 4.69) is 38.3 Å². The molecule has 0 aliphatic rings. The van der Waals surface area contributed by atoms with E-state index in [4.69, 9.17) is 5.73 Å². The van der Waals surface area contributed by atoms with E-state index in [1.165, 1.54) is 0 Å². The van der Waals surface area contributed by atoms with Crippen molar-refractivity contribution in [3.05, 3.63) is 52.6 Å². The van der Waals surface area contributed by atoms with Gasteiger partial charge in [0, 0.05) is 21.6 Å². The summed E-state index contributed by atoms with van der Waals surface area (Å²) in [6.07, 6.45) is 1.96. The van der Waals surface area contributed by atoms with Crippen molar-refractivity contribution < 1.29 is 0 Å². The van der Waals surface area contributed by atoms with Crippen molar-refractivity contribution in [1.29, 1.82) is 0 Å². The fourth-order valence-corrected chi connectivity index (χ4v) is 3.36. The molecule has 4 nitrogen and oxygen atoms in total. The molecule has 0 saturated carbocycles. The third-order valence-corrected chi connectivity index (χ3v) is 4.49. The van der Waals surface area contributed by atoms with Crippen molar-refractivity contribution >= 4 is 33.3 Å². The summed E-state index contributed by atoms with van der Waals surface area (Å²) in [5.41, 5.74) is 7.98. The van der Waals surface area contributed by atoms with Crippen LogP contribution in [0.25, 0.3) is 5.65 Å². The lowest BCUT2D eigenvalue weighted by Gasteiger charge is -2.12. The van der Waals surface area contributed by atoms with Crippen LogP contribution in [0.5, 0.6) is 0 Å². The molecule has 0 aliphatic heterocycles. The van der Waals surface area contributed by atoms with E-state index >= 15 is 0 Å². The Morgan fingerprint density at radius 2 is 2.10 bits per heavy atom. The van der Waals surface area contributed by atoms with Crippen LogP contribution in [-0.4, -0.2) is 14.6 Å². The highest BCUT2D eigenvalue weighted by atomic mass is 79.9. The minimum atomic E-state index is -0.0332. The monoisotopic (exact) mass is 348 g/mol. The van der Waals surface area contributed by atoms with E-state index in [1.807, 2.05) is 41.8 Å². The number of hydrogen-bond donors (Lipinski definition) is 1. The highest BCUT2D eigenvalue weighted by molar-refractivity contribution is 9.10. The molecule has 0 bridgehead atoms. The number of fused-ring (bicyclic) bond motifs is 1. The zero-order valence-electron chi connectivity index (χ0n) is 10.8. The fourth-order valence-electron chi connectivity index (χ4n) is 1.96. The molecule has 1 atom stereocenters. The van der Waals surface area contributed by atoms with Crippen molar-refractivity contribution in [2.45, 2.75) is 23.0 Å². The minimum absolute atomic E-state index is 0.0332. The van der Waals surface area contributed by atoms with Crippen LogP contribution in [0.3, 0.4) is 0 Å². The van der Waals surface area contributed by atoms with Gasteiger partial charge in [-0.3, -0.25) is 4.40 Å². The van der Waals surface area contributed by atoms with Crippen molar-refractivity contribution in [2.24, 2.45) is 5.73 Å². The quantitative estimate of drug-likeness (QED) is 0.784. The molecule has 0 amide bonds. The van der Waals surface area contributed by atoms with E-state index in [0.717, 1.165) is 25.7 Å². The third-order valence-electron chi connectivity index (χ3n) is 2.95. The molecule has 20 heavy (non-hydrogen) atoms. The van der Waals surface area contributed by atoms with Gasteiger partial charge < -0.3 is 5.73 Å². The first kappa shape index (κ1) is 13.6. The molecule has 3 aromatic rings. The molecule has 0 spiro atoms. The first-order valence-corrected chi connectivity index (χ1v) is 7.79. The second-order valence-corrected chi connectivity index (χ2v) is 6.41. The predicted octanol–water partition coefficient (Wildman–Crippen LogP) is 3.66. The Balaban J connectivity index is 2.03. The van der Waals surface area contributed by atoms with Gasteiger partial charge in [-0.1, -0.05) is 22.0 Å². The maximum atomic E-state index is 6.05. The Morgan fingerprint density at radius 1 is 1.25 bits per heavy atom. The van der Waals surface area contributed by atoms with Gasteiger partial charge in [-0.05, 0) is 54.6 Å². The van der Waals surface area contributed by atoms with Gasteiger partial charge in [0.1, 0.15) is 0 Å². The van der Waals surface area contributed by atoms with E-state index in [9.17, 15) is 0 Å². The Labute approximate surface area is 129 Å². The van der Waals surface area contributed by atoms with Crippen LogP contribution in [0.2, 0.25) is 0 Å². The predicted molar refractivity (Wildman–Crippen MR) is 83.9 cm³/mol. The minimum Gasteiger partial charge on any atom is -0.324 e. The number of nitrogens with zero attached hydrogens (tertiary/aromatic N) is 3. The first-order chi connectivity index (χ1) is 9.65. The van der Waals surface area contributed by atoms with Gasteiger partial charge >= 0.3 is 0 Å². The lowest BCUT2D eigenvalue weighted by molar-refractivity contribution is 0.795. The maximum absolute atomic E-state index is 6.05. The van der Waals surface area contributed by atoms with Crippen LogP contribution in [-0.2, 0) is 0 Å². The van der Waals surface area contributed by atoms with Crippen LogP contribution in [0.4, 0.5) is 0 Å². The lowest BCUT2D eigenvalue weighted by Crippen LogP contribution is -2.06. The summed E-state index contributed by atoms with van der Waals surface area (Å²) in [5.74, 6) is 0. The number of benzene rings is 1. The number of aromatic nitrogens is 3. The normalized spacial score (nSPS) is 12.8. The van der Waals surface area contributed by atoms with Gasteiger partial charge in [0.15, 0.2) is 10.8 Å². The standard InChI is InChI=1S/C14H13BrN4S/c1-9(16)11-8-10(15)5-6-12(11)20-14-18-17-13-4-2-3-7-19(13)14/h2-9H,16H2,1H3. The molecule has 102 valence electrons. The summed E-state index contributed by atoms with van der Waals surface area (Å²) in [4.78, 5) is 1.10. The molecule has 6 heteroatoms. The molecule has 2 heterocycles. The molecule has 2 N–H and O–H groups in total. The number of halogens is 1. The van der Waals surface area contributed by atoms with Crippen LogP contribution >= 0.6 is 27.7 Å². The first-order valence-electron chi connectivity index (χ1n) is 6.18. The van der Waals surface area contributed by atoms with Crippen LogP contribution in [0.15, 0.2) is 57.1 Å². The van der Waals surface area contributed by atoms with Gasteiger partial charge in [0.05, 0.1) is 0 Å². The van der Waals surface area contributed by atoms with Crippen molar-refractivity contribution in [2.75, 3.05) is 0 Å². The number of nitrogens with two attached hydrogens (primary N) is 1. The highest BCUT2D eigenvalue weighted by Gasteiger charge is 2.12. The summed E-state index contributed by atoms with van der Waals surface area (Å²) >= 11 is 5.06. The molecule has 1 aromatic carbocycles. The lowest BCUT2D eigenvalue weighted by atomic mass is 10.1. The highest BCUT2D eigenvalue weighted by Crippen LogP contribution is 2.33. The summed E-state index contributed by atoms with van der Waals surface area (Å²) in [6.45, 7) is 1.98. The van der Waals surface area contributed by atoms with Gasteiger partial charge in [0.25, 0.3) is 0 Å². The molecule has 0 radical (unpaired) electrons. The molecule has 3 rings (SSSR count). The fraction of sp³-hybridized carbons (Fsp3) is 0.143. The molecule has 0 aliphatic carbocycles. The molecule has 0 saturated heterocycles. The van der Waals surface area contributed by atoms with Gasteiger partial charge in [-0.2, -0.15) is 0 Å². The summed E-state index contributed by atoms with van der Waals surface area (Å²) < 4.78 is 3.00. The molecule has 2 aromatic heterocycles. The largest absolute Gasteiger partial charge is 0.324 e. The van der Waals surface area contributed by atoms with Gasteiger partial charge in [-0.25, -0.2) is 0 Å². The zero-order chi connectivity index (χ0) is 14.1. The van der Waals surface area contributed by atoms with Gasteiger partial charge in [-0.15, -0.1) is 10.2 Å². The summed E-state index contributed by atoms with van der Waals surface area (Å²) in [7, 11) is 0. The summed E-state index contributed by atoms with van der Waals surface area (Å²) in [5, 5.41) is 9.23. The van der Waals surface area contributed by atoms with Crippen molar-refractivity contribution in [3.8, 4) is 0 Å². The Kier molecular flexibility index (Phi) is 3.78. The van der Waals surface area contributed by atoms with Crippen molar-refractivity contribution in [1.82, 2.24) is 14.6 Å². The van der Waals surface area contributed by atoms with Crippen LogP contribution in [0, 0.1) is 0 Å². The SMILES string of the molecule is CC(N)c1cc(Br)ccc1Sc1nnc2ccccn12. The number of pyridine rings is 1. The molecule has 1 unspecified atom stereocenters. The smallest absolute Gasteiger partial charge is 0.200 e. The summed E-state index contributed by atoms with van der Waals surface area (Å²) in [6, 6.07) is 11.9. The van der Waals surface area contributed by atoms with Crippen LogP contribution < -0.4 is 5.73 Å². The molecular weight excluding hydrogens is 336 g/mol. The average Bonchev–Trinajstić information content (AvgIpc) is 2.84. The van der Waals surface area contributed by atoms with E-state index in [1.54, 1.807) is 11.8 Å². The Morgan fingerprint density at radius 3 is 2.90 bits per heavy atom. The van der Waals surface area contributed by atoms with E-state index < -0.39 is 0 Å². The zero-order valence-corrected chi connectivity index (χ0v) is 13.2.